The van der Waals surface area contributed by atoms with Crippen molar-refractivity contribution in [2.24, 2.45) is 0 Å². The number of hydrogen-bond donors (Lipinski definition) is 3. The monoisotopic (exact) mass is 559 g/mol. The molecule has 2 heterocycles. The van der Waals surface area contributed by atoms with Crippen molar-refractivity contribution in [2.45, 2.75) is 38.6 Å². The second-order valence-electron chi connectivity index (χ2n) is 9.21. The van der Waals surface area contributed by atoms with Crippen LogP contribution in [0.4, 0.5) is 0 Å². The van der Waals surface area contributed by atoms with E-state index >= 15 is 0 Å². The Morgan fingerprint density at radius 1 is 0.634 bits per heavy atom. The highest BCUT2D eigenvalue weighted by atomic mass is 16.4. The molecule has 0 aliphatic carbocycles. The molecule has 10 nitrogen and oxygen atoms in total. The van der Waals surface area contributed by atoms with Gasteiger partial charge in [0, 0.05) is 11.1 Å². The third kappa shape index (κ3) is 7.89. The Hall–Kier alpha value is -5.25. The van der Waals surface area contributed by atoms with Gasteiger partial charge in [-0.25, -0.2) is 0 Å². The Balaban J connectivity index is 0.000000232. The summed E-state index contributed by atoms with van der Waals surface area (Å²) < 4.78 is 10.1. The van der Waals surface area contributed by atoms with Gasteiger partial charge in [-0.05, 0) is 68.3 Å². The molecule has 0 saturated carbocycles. The quantitative estimate of drug-likeness (QED) is 0.229. The molecule has 41 heavy (non-hydrogen) atoms. The summed E-state index contributed by atoms with van der Waals surface area (Å²) in [6, 6.07) is 18.7. The smallest absolute Gasteiger partial charge is 0.325 e. The lowest BCUT2D eigenvalue weighted by molar-refractivity contribution is -0.141. The van der Waals surface area contributed by atoms with Gasteiger partial charge in [0.15, 0.2) is 11.5 Å². The Bertz CT molecular complexity index is 1520. The van der Waals surface area contributed by atoms with Crippen molar-refractivity contribution in [3.05, 3.63) is 119 Å². The van der Waals surface area contributed by atoms with E-state index in [9.17, 15) is 24.0 Å². The molecule has 2 aromatic carbocycles. The van der Waals surface area contributed by atoms with Crippen LogP contribution in [0.1, 0.15) is 76.0 Å². The van der Waals surface area contributed by atoms with Gasteiger partial charge in [-0.2, -0.15) is 0 Å². The van der Waals surface area contributed by atoms with Crippen molar-refractivity contribution < 1.29 is 43.0 Å². The Morgan fingerprint density at radius 3 is 1.49 bits per heavy atom. The molecule has 2 aromatic heterocycles. The third-order valence-corrected chi connectivity index (χ3v) is 6.28. The minimum absolute atomic E-state index is 0.221. The second-order valence-corrected chi connectivity index (χ2v) is 9.21. The second kappa shape index (κ2) is 13.7. The summed E-state index contributed by atoms with van der Waals surface area (Å²) in [4.78, 5) is 58.1. The van der Waals surface area contributed by atoms with Gasteiger partial charge in [0.1, 0.15) is 6.04 Å². The number of amides is 1. The molecule has 212 valence electrons. The van der Waals surface area contributed by atoms with Crippen LogP contribution >= 0.6 is 0 Å². The first-order chi connectivity index (χ1) is 19.5. The number of carboxylic acid groups (broad SMARTS) is 2. The van der Waals surface area contributed by atoms with E-state index in [0.717, 1.165) is 0 Å². The molecule has 3 N–H and O–H groups in total. The summed E-state index contributed by atoms with van der Waals surface area (Å²) in [5, 5.41) is 20.2. The van der Waals surface area contributed by atoms with E-state index in [1.165, 1.54) is 19.5 Å². The third-order valence-electron chi connectivity index (χ3n) is 6.28. The van der Waals surface area contributed by atoms with E-state index in [1.807, 2.05) is 0 Å². The maximum atomic E-state index is 12.2. The zero-order chi connectivity index (χ0) is 30.1. The molecule has 1 unspecified atom stereocenters. The van der Waals surface area contributed by atoms with Crippen molar-refractivity contribution in [3.8, 4) is 0 Å². The summed E-state index contributed by atoms with van der Waals surface area (Å²) >= 11 is 0. The average molecular weight is 560 g/mol. The highest BCUT2D eigenvalue weighted by Gasteiger charge is 2.22. The fraction of sp³-hybridized carbons (Fsp3) is 0.194. The van der Waals surface area contributed by atoms with Gasteiger partial charge in [-0.15, -0.1) is 0 Å². The van der Waals surface area contributed by atoms with E-state index in [-0.39, 0.29) is 23.1 Å². The molecule has 0 aliphatic heterocycles. The topological polar surface area (TPSA) is 164 Å². The van der Waals surface area contributed by atoms with Crippen LogP contribution in [0.3, 0.4) is 0 Å². The number of carbonyl (C=O) groups excluding carboxylic acids is 3. The molecular formula is C31H29NO9. The van der Waals surface area contributed by atoms with E-state index in [4.69, 9.17) is 19.0 Å². The minimum atomic E-state index is -1.10. The number of furan rings is 2. The van der Waals surface area contributed by atoms with Crippen LogP contribution in [0.25, 0.3) is 0 Å². The van der Waals surface area contributed by atoms with Gasteiger partial charge < -0.3 is 24.4 Å². The maximum Gasteiger partial charge on any atom is 0.325 e. The molecular weight excluding hydrogens is 530 g/mol. The number of ketones is 2. The van der Waals surface area contributed by atoms with Crippen molar-refractivity contribution in [1.29, 1.82) is 0 Å². The van der Waals surface area contributed by atoms with Crippen LogP contribution in [0.2, 0.25) is 0 Å². The van der Waals surface area contributed by atoms with E-state index in [0.29, 0.717) is 22.3 Å². The van der Waals surface area contributed by atoms with Crippen LogP contribution in [0.5, 0.6) is 0 Å². The van der Waals surface area contributed by atoms with Gasteiger partial charge in [0.2, 0.25) is 17.5 Å². The first kappa shape index (κ1) is 30.3. The lowest BCUT2D eigenvalue weighted by atomic mass is 9.96. The Labute approximate surface area is 235 Å². The number of carbonyl (C=O) groups is 5. The minimum Gasteiger partial charge on any atom is -0.481 e. The number of rotatable bonds is 10. The van der Waals surface area contributed by atoms with Gasteiger partial charge in [-0.1, -0.05) is 36.4 Å². The molecule has 4 rings (SSSR count). The molecule has 10 heteroatoms. The molecule has 0 aliphatic rings. The van der Waals surface area contributed by atoms with Gasteiger partial charge in [0.05, 0.1) is 24.4 Å². The zero-order valence-corrected chi connectivity index (χ0v) is 22.6. The number of aliphatic carboxylic acids is 2. The fourth-order valence-corrected chi connectivity index (χ4v) is 3.69. The highest BCUT2D eigenvalue weighted by molar-refractivity contribution is 6.08. The summed E-state index contributed by atoms with van der Waals surface area (Å²) in [5.74, 6) is -3.72. The number of nitrogens with one attached hydrogen (secondary N) is 1. The van der Waals surface area contributed by atoms with Crippen LogP contribution in [0, 0.1) is 0 Å². The summed E-state index contributed by atoms with van der Waals surface area (Å²) in [6.07, 6.45) is 2.84. The van der Waals surface area contributed by atoms with E-state index in [1.54, 1.807) is 86.6 Å². The summed E-state index contributed by atoms with van der Waals surface area (Å²) in [5.41, 5.74) is 2.05. The van der Waals surface area contributed by atoms with Gasteiger partial charge >= 0.3 is 11.9 Å². The molecule has 0 bridgehead atoms. The first-order valence-corrected chi connectivity index (χ1v) is 12.6. The molecule has 4 aromatic rings. The predicted molar refractivity (Wildman–Crippen MR) is 147 cm³/mol. The molecule has 0 saturated heterocycles. The van der Waals surface area contributed by atoms with Gasteiger partial charge in [0.25, 0.3) is 0 Å². The lowest BCUT2D eigenvalue weighted by Crippen LogP contribution is -2.40. The van der Waals surface area contributed by atoms with Crippen LogP contribution in [-0.4, -0.2) is 45.7 Å². The molecule has 0 radical (unpaired) electrons. The van der Waals surface area contributed by atoms with Crippen LogP contribution in [-0.2, 0) is 14.4 Å². The van der Waals surface area contributed by atoms with Crippen molar-refractivity contribution in [2.75, 3.05) is 0 Å². The van der Waals surface area contributed by atoms with Crippen molar-refractivity contribution in [3.63, 3.8) is 0 Å². The maximum absolute atomic E-state index is 12.2. The largest absolute Gasteiger partial charge is 0.481 e. The van der Waals surface area contributed by atoms with E-state index in [2.05, 4.69) is 5.32 Å². The van der Waals surface area contributed by atoms with Crippen LogP contribution in [0.15, 0.2) is 94.2 Å². The standard InChI is InChI=1S/C17H17NO5.C14H12O4/c1-10(16(20)18-11(2)17(21)22)12-5-3-6-13(9-12)15(19)14-7-4-8-23-14;1-9(14(16)17)10-4-2-5-11(8-10)13(15)12-6-3-7-18-12/h3-11H,1-2H3,(H,18,20)(H,21,22);2-9H,1H3,(H,16,17)/t10-,11?;9-/m11/s1. The zero-order valence-electron chi connectivity index (χ0n) is 22.6. The van der Waals surface area contributed by atoms with Crippen molar-refractivity contribution >= 4 is 29.4 Å². The fourth-order valence-electron chi connectivity index (χ4n) is 3.69. The molecule has 1 amide bonds. The number of carboxylic acids is 2. The van der Waals surface area contributed by atoms with E-state index < -0.39 is 35.7 Å². The molecule has 3 atom stereocenters. The Kier molecular flexibility index (Phi) is 10.1. The predicted octanol–water partition coefficient (Wildman–Crippen LogP) is 4.90. The van der Waals surface area contributed by atoms with Crippen LogP contribution < -0.4 is 5.32 Å². The lowest BCUT2D eigenvalue weighted by Gasteiger charge is -2.15. The summed E-state index contributed by atoms with van der Waals surface area (Å²) in [7, 11) is 0. The SMILES string of the molecule is CC(NC(=O)[C@H](C)c1cccc(C(=O)c2ccco2)c1)C(=O)O.C[C@@H](C(=O)O)c1cccc(C(=O)c2ccco2)c1. The average Bonchev–Trinajstić information content (AvgIpc) is 3.71. The first-order valence-electron chi connectivity index (χ1n) is 12.6. The number of benzene rings is 2. The normalized spacial score (nSPS) is 12.7. The Morgan fingerprint density at radius 2 is 1.10 bits per heavy atom. The van der Waals surface area contributed by atoms with Crippen molar-refractivity contribution in [1.82, 2.24) is 5.32 Å². The highest BCUT2D eigenvalue weighted by Crippen LogP contribution is 2.20. The number of hydrogen-bond acceptors (Lipinski definition) is 7. The molecule has 0 fully saturated rings. The summed E-state index contributed by atoms with van der Waals surface area (Å²) in [6.45, 7) is 4.63. The van der Waals surface area contributed by atoms with Gasteiger partial charge in [-0.3, -0.25) is 24.0 Å². The molecule has 0 spiro atoms.